The average molecular weight is 406 g/mol. The molecular formula is C23H31FO5. The van der Waals surface area contributed by atoms with E-state index in [0.29, 0.717) is 24.8 Å². The van der Waals surface area contributed by atoms with E-state index in [1.807, 2.05) is 0 Å². The second-order valence-corrected chi connectivity index (χ2v) is 10.2. The van der Waals surface area contributed by atoms with Gasteiger partial charge >= 0.3 is 0 Å². The lowest BCUT2D eigenvalue weighted by atomic mass is 9.44. The van der Waals surface area contributed by atoms with Gasteiger partial charge in [-0.1, -0.05) is 25.5 Å². The third-order valence-corrected chi connectivity index (χ3v) is 8.98. The van der Waals surface area contributed by atoms with Crippen molar-refractivity contribution < 1.29 is 29.3 Å². The predicted octanol–water partition coefficient (Wildman–Crippen LogP) is 2.28. The number of allylic oxidation sites excluding steroid dienone is 4. The quantitative estimate of drug-likeness (QED) is 0.654. The molecule has 0 aliphatic heterocycles. The van der Waals surface area contributed by atoms with Gasteiger partial charge in [0.15, 0.2) is 17.2 Å². The first-order valence-electron chi connectivity index (χ1n) is 10.6. The van der Waals surface area contributed by atoms with E-state index >= 15 is 4.39 Å². The van der Waals surface area contributed by atoms with Crippen molar-refractivity contribution in [2.45, 2.75) is 76.9 Å². The van der Waals surface area contributed by atoms with Crippen LogP contribution in [0.4, 0.5) is 4.39 Å². The van der Waals surface area contributed by atoms with Crippen LogP contribution in [0.25, 0.3) is 0 Å². The van der Waals surface area contributed by atoms with E-state index in [1.54, 1.807) is 26.8 Å². The number of halogens is 1. The molecule has 0 bridgehead atoms. The molecular weight excluding hydrogens is 375 g/mol. The minimum absolute atomic E-state index is 0.0748. The minimum atomic E-state index is -1.99. The molecule has 0 amide bonds. The van der Waals surface area contributed by atoms with Gasteiger partial charge in [-0.25, -0.2) is 4.39 Å². The summed E-state index contributed by atoms with van der Waals surface area (Å²) in [6.07, 6.45) is 3.08. The monoisotopic (exact) mass is 406 g/mol. The van der Waals surface area contributed by atoms with Crippen molar-refractivity contribution in [3.8, 4) is 0 Å². The fourth-order valence-electron chi connectivity index (χ4n) is 7.39. The summed E-state index contributed by atoms with van der Waals surface area (Å²) in [5, 5.41) is 32.7. The SMILES string of the molecule is CC(O)C(=O)C1(O)C(C)CC2C3CCC4=CC(=O)C=CC4(C)C3(F)C(O)CC21C. The number of alkyl halides is 1. The molecule has 0 radical (unpaired) electrons. The topological polar surface area (TPSA) is 94.8 Å². The van der Waals surface area contributed by atoms with E-state index in [2.05, 4.69) is 0 Å². The van der Waals surface area contributed by atoms with Crippen LogP contribution in [0.3, 0.4) is 0 Å². The number of hydrogen-bond acceptors (Lipinski definition) is 5. The number of Topliss-reactive ketones (excluding diaryl/α,β-unsaturated/α-hetero) is 1. The molecule has 160 valence electrons. The average Bonchev–Trinajstić information content (AvgIpc) is 2.84. The van der Waals surface area contributed by atoms with Crippen LogP contribution in [0.1, 0.15) is 53.4 Å². The molecule has 9 atom stereocenters. The highest BCUT2D eigenvalue weighted by Gasteiger charge is 2.75. The maximum atomic E-state index is 16.9. The molecule has 3 fully saturated rings. The lowest BCUT2D eigenvalue weighted by Gasteiger charge is -2.62. The highest BCUT2D eigenvalue weighted by Crippen LogP contribution is 2.70. The molecule has 3 saturated carbocycles. The Hall–Kier alpha value is -1.37. The summed E-state index contributed by atoms with van der Waals surface area (Å²) in [5.41, 5.74) is -5.23. The van der Waals surface area contributed by atoms with Crippen LogP contribution in [0.5, 0.6) is 0 Å². The van der Waals surface area contributed by atoms with Crippen LogP contribution < -0.4 is 0 Å². The summed E-state index contributed by atoms with van der Waals surface area (Å²) in [6, 6.07) is 0. The molecule has 0 aromatic heterocycles. The Morgan fingerprint density at radius 1 is 1.31 bits per heavy atom. The van der Waals surface area contributed by atoms with Gasteiger partial charge in [-0.15, -0.1) is 0 Å². The second-order valence-electron chi connectivity index (χ2n) is 10.2. The van der Waals surface area contributed by atoms with Crippen molar-refractivity contribution in [3.63, 3.8) is 0 Å². The molecule has 9 unspecified atom stereocenters. The molecule has 0 aromatic carbocycles. The minimum Gasteiger partial charge on any atom is -0.390 e. The summed E-state index contributed by atoms with van der Waals surface area (Å²) in [4.78, 5) is 24.7. The van der Waals surface area contributed by atoms with E-state index in [1.165, 1.54) is 19.1 Å². The van der Waals surface area contributed by atoms with Gasteiger partial charge in [-0.3, -0.25) is 9.59 Å². The third-order valence-electron chi connectivity index (χ3n) is 8.98. The van der Waals surface area contributed by atoms with E-state index in [9.17, 15) is 24.9 Å². The van der Waals surface area contributed by atoms with Crippen molar-refractivity contribution in [3.05, 3.63) is 23.8 Å². The van der Waals surface area contributed by atoms with E-state index in [4.69, 9.17) is 0 Å². The summed E-state index contributed by atoms with van der Waals surface area (Å²) in [6.45, 7) is 6.61. The molecule has 3 N–H and O–H groups in total. The fourth-order valence-corrected chi connectivity index (χ4v) is 7.39. The fraction of sp³-hybridized carbons (Fsp3) is 0.739. The number of fused-ring (bicyclic) bond motifs is 5. The lowest BCUT2D eigenvalue weighted by Crippen LogP contribution is -2.69. The Kier molecular flexibility index (Phi) is 4.38. The molecule has 0 heterocycles. The zero-order chi connectivity index (χ0) is 21.6. The van der Waals surface area contributed by atoms with Gasteiger partial charge in [0.1, 0.15) is 11.7 Å². The maximum absolute atomic E-state index is 16.9. The summed E-state index contributed by atoms with van der Waals surface area (Å²) in [5.74, 6) is -2.15. The zero-order valence-corrected chi connectivity index (χ0v) is 17.5. The predicted molar refractivity (Wildman–Crippen MR) is 105 cm³/mol. The second kappa shape index (κ2) is 6.08. The van der Waals surface area contributed by atoms with Gasteiger partial charge in [0, 0.05) is 16.7 Å². The summed E-state index contributed by atoms with van der Waals surface area (Å²) in [7, 11) is 0. The molecule has 0 aromatic rings. The maximum Gasteiger partial charge on any atom is 0.193 e. The van der Waals surface area contributed by atoms with E-state index in [-0.39, 0.29) is 18.1 Å². The van der Waals surface area contributed by atoms with Gasteiger partial charge in [-0.05, 0) is 63.5 Å². The molecule has 0 saturated heterocycles. The van der Waals surface area contributed by atoms with Crippen molar-refractivity contribution in [1.29, 1.82) is 0 Å². The highest BCUT2D eigenvalue weighted by molar-refractivity contribution is 6.01. The first-order valence-corrected chi connectivity index (χ1v) is 10.6. The Morgan fingerprint density at radius 2 is 1.97 bits per heavy atom. The van der Waals surface area contributed by atoms with Crippen molar-refractivity contribution in [2.75, 3.05) is 0 Å². The molecule has 29 heavy (non-hydrogen) atoms. The van der Waals surface area contributed by atoms with Gasteiger partial charge in [0.05, 0.1) is 6.10 Å². The number of ketones is 2. The molecule has 4 rings (SSSR count). The number of carbonyl (C=O) groups excluding carboxylic acids is 2. The normalized spacial score (nSPS) is 52.3. The van der Waals surface area contributed by atoms with E-state index < -0.39 is 51.9 Å². The van der Waals surface area contributed by atoms with Crippen LogP contribution in [-0.2, 0) is 9.59 Å². The van der Waals surface area contributed by atoms with Crippen LogP contribution in [0.15, 0.2) is 23.8 Å². The van der Waals surface area contributed by atoms with Crippen molar-refractivity contribution in [1.82, 2.24) is 0 Å². The van der Waals surface area contributed by atoms with Crippen LogP contribution in [0, 0.1) is 28.6 Å². The Balaban J connectivity index is 1.83. The van der Waals surface area contributed by atoms with Crippen LogP contribution >= 0.6 is 0 Å². The Bertz CT molecular complexity index is 833. The first-order chi connectivity index (χ1) is 13.3. The van der Waals surface area contributed by atoms with Gasteiger partial charge in [0.2, 0.25) is 0 Å². The van der Waals surface area contributed by atoms with Crippen molar-refractivity contribution >= 4 is 11.6 Å². The summed E-state index contributed by atoms with van der Waals surface area (Å²) < 4.78 is 16.9. The summed E-state index contributed by atoms with van der Waals surface area (Å²) >= 11 is 0. The Labute approximate surface area is 170 Å². The lowest BCUT2D eigenvalue weighted by molar-refractivity contribution is -0.220. The highest BCUT2D eigenvalue weighted by atomic mass is 19.1. The molecule has 4 aliphatic carbocycles. The first kappa shape index (κ1) is 20.9. The van der Waals surface area contributed by atoms with Crippen molar-refractivity contribution in [2.24, 2.45) is 28.6 Å². The third kappa shape index (κ3) is 2.26. The molecule has 5 nitrogen and oxygen atoms in total. The number of rotatable bonds is 2. The van der Waals surface area contributed by atoms with Crippen LogP contribution in [0.2, 0.25) is 0 Å². The van der Waals surface area contributed by atoms with Gasteiger partial charge in [-0.2, -0.15) is 0 Å². The number of carbonyl (C=O) groups is 2. The molecule has 0 spiro atoms. The molecule has 4 aliphatic rings. The number of aliphatic hydroxyl groups excluding tert-OH is 2. The van der Waals surface area contributed by atoms with Crippen LogP contribution in [-0.4, -0.2) is 50.4 Å². The largest absolute Gasteiger partial charge is 0.390 e. The van der Waals surface area contributed by atoms with Gasteiger partial charge < -0.3 is 15.3 Å². The standard InChI is InChI=1S/C23H31FO5/c1-12-9-17-16-6-5-14-10-15(26)7-8-20(14,3)22(16,24)18(27)11-21(17,4)23(12,29)19(28)13(2)25/h7-8,10,12-13,16-18,25,27,29H,5-6,9,11H2,1-4H3. The zero-order valence-electron chi connectivity index (χ0n) is 17.5. The Morgan fingerprint density at radius 3 is 2.59 bits per heavy atom. The number of hydrogen-bond donors (Lipinski definition) is 3. The van der Waals surface area contributed by atoms with E-state index in [0.717, 1.165) is 0 Å². The smallest absolute Gasteiger partial charge is 0.193 e. The van der Waals surface area contributed by atoms with Gasteiger partial charge in [0.25, 0.3) is 0 Å². The molecule has 6 heteroatoms. The number of aliphatic hydroxyl groups is 3.